The van der Waals surface area contributed by atoms with E-state index in [1.54, 1.807) is 36.4 Å². The van der Waals surface area contributed by atoms with E-state index >= 15 is 0 Å². The second-order valence-electron chi connectivity index (χ2n) is 5.66. The minimum Gasteiger partial charge on any atom is -0.481 e. The number of rotatable bonds is 9. The number of para-hydroxylation sites is 1. The molecular formula is C19H20O5S. The summed E-state index contributed by atoms with van der Waals surface area (Å²) < 4.78 is 5.69. The van der Waals surface area contributed by atoms with Gasteiger partial charge in [-0.2, -0.15) is 12.6 Å². The topological polar surface area (TPSA) is 83.8 Å². The van der Waals surface area contributed by atoms with Gasteiger partial charge in [-0.15, -0.1) is 0 Å². The normalized spacial score (nSPS) is 11.7. The van der Waals surface area contributed by atoms with Gasteiger partial charge in [0.2, 0.25) is 0 Å². The molecule has 0 radical (unpaired) electrons. The molecule has 0 aliphatic carbocycles. The number of aliphatic carboxylic acids is 1. The van der Waals surface area contributed by atoms with Crippen LogP contribution in [-0.2, 0) is 11.2 Å². The van der Waals surface area contributed by atoms with Crippen LogP contribution in [0.1, 0.15) is 28.8 Å². The molecule has 1 atom stereocenters. The number of carboxylic acid groups (broad SMARTS) is 2. The number of thiol groups is 1. The molecule has 2 aromatic rings. The molecule has 0 saturated carbocycles. The largest absolute Gasteiger partial charge is 0.481 e. The average molecular weight is 360 g/mol. The molecule has 25 heavy (non-hydrogen) atoms. The van der Waals surface area contributed by atoms with E-state index in [9.17, 15) is 19.8 Å². The quantitative estimate of drug-likeness (QED) is 0.586. The molecular weight excluding hydrogens is 340 g/mol. The highest BCUT2D eigenvalue weighted by Gasteiger charge is 2.18. The van der Waals surface area contributed by atoms with E-state index in [0.717, 1.165) is 12.0 Å². The lowest BCUT2D eigenvalue weighted by atomic mass is 9.95. The van der Waals surface area contributed by atoms with Crippen molar-refractivity contribution in [1.82, 2.24) is 0 Å². The van der Waals surface area contributed by atoms with Crippen LogP contribution in [0.4, 0.5) is 0 Å². The predicted octanol–water partition coefficient (Wildman–Crippen LogP) is 4.13. The first-order valence-corrected chi connectivity index (χ1v) is 8.57. The molecule has 0 heterocycles. The van der Waals surface area contributed by atoms with Crippen LogP contribution in [-0.4, -0.2) is 27.9 Å². The smallest absolute Gasteiger partial charge is 0.339 e. The Bertz CT molecular complexity index is 744. The highest BCUT2D eigenvalue weighted by Crippen LogP contribution is 2.27. The van der Waals surface area contributed by atoms with Gasteiger partial charge in [0.05, 0.1) is 5.92 Å². The van der Waals surface area contributed by atoms with E-state index in [-0.39, 0.29) is 11.3 Å². The molecule has 2 aromatic carbocycles. The number of benzene rings is 2. The van der Waals surface area contributed by atoms with Crippen molar-refractivity contribution in [2.45, 2.75) is 19.3 Å². The maximum Gasteiger partial charge on any atom is 0.339 e. The Morgan fingerprint density at radius 3 is 2.52 bits per heavy atom. The monoisotopic (exact) mass is 360 g/mol. The van der Waals surface area contributed by atoms with Gasteiger partial charge in [0.1, 0.15) is 17.1 Å². The van der Waals surface area contributed by atoms with Gasteiger partial charge in [0.25, 0.3) is 0 Å². The summed E-state index contributed by atoms with van der Waals surface area (Å²) >= 11 is 4.13. The fourth-order valence-electron chi connectivity index (χ4n) is 2.53. The standard InChI is InChI=1S/C19H20O5S/c20-18(21)14(6-4-10-25)11-13-5-3-7-15(12-13)24-17-9-2-1-8-16(17)19(22)23/h1-3,5,7-9,12,14,25H,4,6,10-11H2,(H,20,21)(H,22,23). The SMILES string of the molecule is O=C(O)c1ccccc1Oc1cccc(CC(CCCS)C(=O)O)c1. The number of aromatic carboxylic acids is 1. The summed E-state index contributed by atoms with van der Waals surface area (Å²) in [7, 11) is 0. The van der Waals surface area contributed by atoms with Crippen LogP contribution in [0.3, 0.4) is 0 Å². The van der Waals surface area contributed by atoms with Gasteiger partial charge in [0.15, 0.2) is 0 Å². The summed E-state index contributed by atoms with van der Waals surface area (Å²) in [5.74, 6) is -0.997. The molecule has 1 unspecified atom stereocenters. The van der Waals surface area contributed by atoms with Gasteiger partial charge >= 0.3 is 11.9 Å². The van der Waals surface area contributed by atoms with Gasteiger partial charge in [-0.1, -0.05) is 24.3 Å². The molecule has 0 aliphatic heterocycles. The van der Waals surface area contributed by atoms with Gasteiger partial charge in [-0.25, -0.2) is 4.79 Å². The zero-order chi connectivity index (χ0) is 18.2. The molecule has 132 valence electrons. The lowest BCUT2D eigenvalue weighted by molar-refractivity contribution is -0.141. The molecule has 6 heteroatoms. The predicted molar refractivity (Wildman–Crippen MR) is 97.8 cm³/mol. The number of hydrogen-bond acceptors (Lipinski definition) is 4. The third-order valence-electron chi connectivity index (χ3n) is 3.79. The maximum absolute atomic E-state index is 11.4. The second kappa shape index (κ2) is 9.13. The zero-order valence-corrected chi connectivity index (χ0v) is 14.5. The third kappa shape index (κ3) is 5.53. The summed E-state index contributed by atoms with van der Waals surface area (Å²) in [6.45, 7) is 0. The minimum atomic E-state index is -1.07. The summed E-state index contributed by atoms with van der Waals surface area (Å²) in [6.07, 6.45) is 1.69. The first-order valence-electron chi connectivity index (χ1n) is 7.94. The fraction of sp³-hybridized carbons (Fsp3) is 0.263. The van der Waals surface area contributed by atoms with Crippen molar-refractivity contribution < 1.29 is 24.5 Å². The van der Waals surface area contributed by atoms with E-state index < -0.39 is 17.9 Å². The van der Waals surface area contributed by atoms with Crippen LogP contribution in [0, 0.1) is 5.92 Å². The van der Waals surface area contributed by atoms with Crippen LogP contribution in [0.25, 0.3) is 0 Å². The lowest BCUT2D eigenvalue weighted by Gasteiger charge is -2.13. The minimum absolute atomic E-state index is 0.0742. The van der Waals surface area contributed by atoms with Crippen molar-refractivity contribution in [3.8, 4) is 11.5 Å². The highest BCUT2D eigenvalue weighted by atomic mass is 32.1. The Morgan fingerprint density at radius 2 is 1.84 bits per heavy atom. The zero-order valence-electron chi connectivity index (χ0n) is 13.6. The Hall–Kier alpha value is -2.47. The Balaban J connectivity index is 2.16. The molecule has 0 aliphatic rings. The Labute approximate surface area is 151 Å². The molecule has 0 bridgehead atoms. The molecule has 2 rings (SSSR count). The molecule has 0 spiro atoms. The number of carboxylic acids is 2. The van der Waals surface area contributed by atoms with Crippen molar-refractivity contribution in [3.63, 3.8) is 0 Å². The number of ether oxygens (including phenoxy) is 1. The molecule has 0 aromatic heterocycles. The average Bonchev–Trinajstić information content (AvgIpc) is 2.59. The summed E-state index contributed by atoms with van der Waals surface area (Å²) in [5, 5.41) is 18.6. The van der Waals surface area contributed by atoms with Crippen molar-refractivity contribution in [2.24, 2.45) is 5.92 Å². The first kappa shape index (κ1) is 18.9. The summed E-state index contributed by atoms with van der Waals surface area (Å²) in [6, 6.07) is 13.5. The fourth-order valence-corrected chi connectivity index (χ4v) is 2.71. The molecule has 0 amide bonds. The van der Waals surface area contributed by atoms with Crippen molar-refractivity contribution in [1.29, 1.82) is 0 Å². The lowest BCUT2D eigenvalue weighted by Crippen LogP contribution is -2.16. The van der Waals surface area contributed by atoms with E-state index in [2.05, 4.69) is 12.6 Å². The van der Waals surface area contributed by atoms with Gasteiger partial charge in [0, 0.05) is 0 Å². The van der Waals surface area contributed by atoms with Crippen LogP contribution < -0.4 is 4.74 Å². The van der Waals surface area contributed by atoms with Crippen LogP contribution >= 0.6 is 12.6 Å². The van der Waals surface area contributed by atoms with Crippen LogP contribution in [0.5, 0.6) is 11.5 Å². The van der Waals surface area contributed by atoms with Crippen LogP contribution in [0.15, 0.2) is 48.5 Å². The first-order chi connectivity index (χ1) is 12.0. The Kier molecular flexibility index (Phi) is 6.89. The van der Waals surface area contributed by atoms with E-state index in [1.165, 1.54) is 6.07 Å². The Morgan fingerprint density at radius 1 is 1.08 bits per heavy atom. The number of carbonyl (C=O) groups is 2. The van der Waals surface area contributed by atoms with Crippen molar-refractivity contribution >= 4 is 24.6 Å². The van der Waals surface area contributed by atoms with E-state index in [0.29, 0.717) is 24.3 Å². The van der Waals surface area contributed by atoms with Crippen molar-refractivity contribution in [2.75, 3.05) is 5.75 Å². The second-order valence-corrected chi connectivity index (χ2v) is 6.10. The van der Waals surface area contributed by atoms with Crippen molar-refractivity contribution in [3.05, 3.63) is 59.7 Å². The van der Waals surface area contributed by atoms with Gasteiger partial charge in [-0.3, -0.25) is 4.79 Å². The third-order valence-corrected chi connectivity index (χ3v) is 4.10. The molecule has 5 nitrogen and oxygen atoms in total. The summed E-state index contributed by atoms with van der Waals surface area (Å²) in [5.41, 5.74) is 0.905. The van der Waals surface area contributed by atoms with E-state index in [1.807, 2.05) is 6.07 Å². The highest BCUT2D eigenvalue weighted by molar-refractivity contribution is 7.80. The molecule has 0 fully saturated rings. The van der Waals surface area contributed by atoms with Gasteiger partial charge < -0.3 is 14.9 Å². The van der Waals surface area contributed by atoms with Gasteiger partial charge in [-0.05, 0) is 54.8 Å². The van der Waals surface area contributed by atoms with Crippen LogP contribution in [0.2, 0.25) is 0 Å². The summed E-state index contributed by atoms with van der Waals surface area (Å²) in [4.78, 5) is 22.6. The molecule has 2 N–H and O–H groups in total. The number of hydrogen-bond donors (Lipinski definition) is 3. The molecule has 0 saturated heterocycles. The van der Waals surface area contributed by atoms with E-state index in [4.69, 9.17) is 4.74 Å². The maximum atomic E-state index is 11.4.